The van der Waals surface area contributed by atoms with Gasteiger partial charge in [0.1, 0.15) is 0 Å². The van der Waals surface area contributed by atoms with Crippen LogP contribution in [0.25, 0.3) is 0 Å². The van der Waals surface area contributed by atoms with E-state index in [0.29, 0.717) is 6.16 Å². The van der Waals surface area contributed by atoms with Crippen molar-refractivity contribution >= 4 is 18.5 Å². The van der Waals surface area contributed by atoms with E-state index in [2.05, 4.69) is 6.92 Å². The number of hydrogen-bond acceptors (Lipinski definition) is 3. The van der Waals surface area contributed by atoms with Crippen LogP contribution < -0.4 is 0 Å². The van der Waals surface area contributed by atoms with Gasteiger partial charge in [-0.3, -0.25) is 0 Å². The topological polar surface area (TPSA) is 60.7 Å². The fourth-order valence-electron chi connectivity index (χ4n) is 1.89. The molecule has 0 saturated heterocycles. The predicted molar refractivity (Wildman–Crippen MR) is 78.9 cm³/mol. The van der Waals surface area contributed by atoms with Gasteiger partial charge in [0.15, 0.2) is 0 Å². The lowest BCUT2D eigenvalue weighted by molar-refractivity contribution is -0.239. The van der Waals surface area contributed by atoms with Gasteiger partial charge in [0.05, 0.1) is 7.27 Å². The van der Waals surface area contributed by atoms with Gasteiger partial charge in [0.2, 0.25) is 0 Å². The van der Waals surface area contributed by atoms with Gasteiger partial charge in [-0.05, 0) is 12.6 Å². The molecule has 1 unspecified atom stereocenters. The van der Waals surface area contributed by atoms with E-state index in [4.69, 9.17) is 26.6 Å². The Balaban J connectivity index is 3.17. The molecule has 110 valence electrons. The van der Waals surface area contributed by atoms with E-state index >= 15 is 0 Å². The summed E-state index contributed by atoms with van der Waals surface area (Å²) in [7, 11) is -1.62. The standard InChI is InChI=1S/C13H28ClO3P/c1-2-3-4-5-6-7-8-9-10-11-12-18(14)13(15,16)17/h15-17H,2-12H2,1H3. The minimum atomic E-state index is -2.67. The number of hydrogen-bond donors (Lipinski definition) is 3. The molecule has 0 saturated carbocycles. The Hall–Kier alpha value is 0.600. The highest BCUT2D eigenvalue weighted by Gasteiger charge is 2.29. The second kappa shape index (κ2) is 11.4. The van der Waals surface area contributed by atoms with Gasteiger partial charge in [-0.15, -0.1) is 0 Å². The predicted octanol–water partition coefficient (Wildman–Crippen LogP) is 4.13. The number of halogens is 1. The highest BCUT2D eigenvalue weighted by molar-refractivity contribution is 7.84. The summed E-state index contributed by atoms with van der Waals surface area (Å²) < 4.78 is 0. The van der Waals surface area contributed by atoms with E-state index in [1.807, 2.05) is 0 Å². The highest BCUT2D eigenvalue weighted by Crippen LogP contribution is 2.50. The lowest BCUT2D eigenvalue weighted by Gasteiger charge is -2.19. The molecule has 0 aliphatic carbocycles. The third kappa shape index (κ3) is 11.7. The van der Waals surface area contributed by atoms with Crippen LogP contribution in [0.4, 0.5) is 0 Å². The van der Waals surface area contributed by atoms with Crippen molar-refractivity contribution in [2.75, 3.05) is 6.16 Å². The minimum Gasteiger partial charge on any atom is -0.339 e. The van der Waals surface area contributed by atoms with Crippen molar-refractivity contribution in [3.63, 3.8) is 0 Å². The first kappa shape index (κ1) is 18.6. The molecule has 1 atom stereocenters. The van der Waals surface area contributed by atoms with Gasteiger partial charge >= 0.3 is 5.71 Å². The van der Waals surface area contributed by atoms with Crippen LogP contribution in [0.2, 0.25) is 0 Å². The summed E-state index contributed by atoms with van der Waals surface area (Å²) >= 11 is 5.68. The van der Waals surface area contributed by atoms with Crippen LogP contribution in [0.15, 0.2) is 0 Å². The average molecular weight is 299 g/mol. The molecule has 0 aliphatic heterocycles. The van der Waals surface area contributed by atoms with Crippen LogP contribution in [0, 0.1) is 0 Å². The molecule has 18 heavy (non-hydrogen) atoms. The Kier molecular flexibility index (Phi) is 11.8. The summed E-state index contributed by atoms with van der Waals surface area (Å²) in [5.74, 6) is 0. The Morgan fingerprint density at radius 3 is 1.56 bits per heavy atom. The lowest BCUT2D eigenvalue weighted by atomic mass is 10.1. The molecule has 0 aromatic carbocycles. The van der Waals surface area contributed by atoms with Crippen molar-refractivity contribution in [1.29, 1.82) is 0 Å². The second-order valence-corrected chi connectivity index (χ2v) is 7.86. The van der Waals surface area contributed by atoms with Crippen LogP contribution in [0.3, 0.4) is 0 Å². The van der Waals surface area contributed by atoms with Gasteiger partial charge in [-0.25, -0.2) is 0 Å². The number of aliphatic hydroxyl groups is 3. The number of rotatable bonds is 12. The van der Waals surface area contributed by atoms with Crippen molar-refractivity contribution in [2.45, 2.75) is 76.8 Å². The maximum absolute atomic E-state index is 8.84. The molecule has 0 aromatic heterocycles. The first-order chi connectivity index (χ1) is 8.48. The summed E-state index contributed by atoms with van der Waals surface area (Å²) in [6.07, 6.45) is 12.8. The molecular formula is C13H28ClO3P. The fourth-order valence-corrected chi connectivity index (χ4v) is 3.05. The first-order valence-electron chi connectivity index (χ1n) is 7.09. The van der Waals surface area contributed by atoms with Gasteiger partial charge in [-0.2, -0.15) is 0 Å². The molecule has 0 bridgehead atoms. The molecule has 0 fully saturated rings. The Bertz CT molecular complexity index is 186. The van der Waals surface area contributed by atoms with Crippen LogP contribution in [-0.4, -0.2) is 27.2 Å². The fraction of sp³-hybridized carbons (Fsp3) is 1.00. The van der Waals surface area contributed by atoms with Gasteiger partial charge in [0, 0.05) is 0 Å². The Morgan fingerprint density at radius 1 is 0.778 bits per heavy atom. The maximum Gasteiger partial charge on any atom is 0.308 e. The van der Waals surface area contributed by atoms with E-state index in [9.17, 15) is 0 Å². The van der Waals surface area contributed by atoms with Crippen LogP contribution in [0.5, 0.6) is 0 Å². The zero-order valence-corrected chi connectivity index (χ0v) is 13.1. The third-order valence-corrected chi connectivity index (χ3v) is 5.58. The smallest absolute Gasteiger partial charge is 0.308 e. The van der Waals surface area contributed by atoms with Crippen molar-refractivity contribution in [1.82, 2.24) is 0 Å². The van der Waals surface area contributed by atoms with Crippen LogP contribution in [0.1, 0.15) is 71.1 Å². The summed E-state index contributed by atoms with van der Waals surface area (Å²) in [4.78, 5) is 0. The van der Waals surface area contributed by atoms with E-state index < -0.39 is 13.0 Å². The summed E-state index contributed by atoms with van der Waals surface area (Å²) in [5, 5.41) is 26.5. The van der Waals surface area contributed by atoms with Crippen molar-refractivity contribution in [2.24, 2.45) is 0 Å². The number of unbranched alkanes of at least 4 members (excludes halogenated alkanes) is 9. The molecule has 0 rings (SSSR count). The van der Waals surface area contributed by atoms with Gasteiger partial charge in [-0.1, -0.05) is 76.0 Å². The molecule has 3 N–H and O–H groups in total. The summed E-state index contributed by atoms with van der Waals surface area (Å²) in [6.45, 7) is 2.23. The van der Waals surface area contributed by atoms with E-state index in [1.165, 1.54) is 51.4 Å². The first-order valence-corrected chi connectivity index (χ1v) is 9.52. The van der Waals surface area contributed by atoms with Crippen molar-refractivity contribution < 1.29 is 15.3 Å². The maximum atomic E-state index is 8.84. The second-order valence-electron chi connectivity index (χ2n) is 4.87. The van der Waals surface area contributed by atoms with Crippen molar-refractivity contribution in [3.8, 4) is 0 Å². The molecule has 0 aliphatic rings. The molecule has 0 spiro atoms. The van der Waals surface area contributed by atoms with Gasteiger partial charge in [0.25, 0.3) is 0 Å². The molecule has 0 aromatic rings. The molecule has 0 radical (unpaired) electrons. The molecule has 5 heteroatoms. The normalized spacial score (nSPS) is 13.8. The quantitative estimate of drug-likeness (QED) is 0.288. The SMILES string of the molecule is CCCCCCCCCCCCP(Cl)C(O)(O)O. The molecule has 0 heterocycles. The average Bonchev–Trinajstić information content (AvgIpc) is 2.30. The van der Waals surface area contributed by atoms with Crippen LogP contribution in [-0.2, 0) is 0 Å². The van der Waals surface area contributed by atoms with E-state index in [-0.39, 0.29) is 0 Å². The van der Waals surface area contributed by atoms with E-state index in [0.717, 1.165) is 12.8 Å². The Labute approximate surface area is 117 Å². The largest absolute Gasteiger partial charge is 0.339 e. The highest BCUT2D eigenvalue weighted by atomic mass is 35.7. The zero-order valence-electron chi connectivity index (χ0n) is 11.4. The summed E-state index contributed by atoms with van der Waals surface area (Å²) in [6, 6.07) is 0. The van der Waals surface area contributed by atoms with E-state index in [1.54, 1.807) is 0 Å². The third-order valence-electron chi connectivity index (χ3n) is 3.03. The minimum absolute atomic E-state index is 0.497. The molecule has 0 amide bonds. The molecular weight excluding hydrogens is 271 g/mol. The van der Waals surface area contributed by atoms with Gasteiger partial charge < -0.3 is 15.3 Å². The monoisotopic (exact) mass is 298 g/mol. The summed E-state index contributed by atoms with van der Waals surface area (Å²) in [5.41, 5.74) is -2.67. The lowest BCUT2D eigenvalue weighted by Crippen LogP contribution is -2.23. The Morgan fingerprint density at radius 2 is 1.17 bits per heavy atom. The molecule has 3 nitrogen and oxygen atoms in total. The zero-order chi connectivity index (χ0) is 13.9. The van der Waals surface area contributed by atoms with Crippen molar-refractivity contribution in [3.05, 3.63) is 0 Å². The van der Waals surface area contributed by atoms with Crippen LogP contribution >= 0.6 is 18.5 Å².